The Morgan fingerprint density at radius 3 is 2.70 bits per heavy atom. The summed E-state index contributed by atoms with van der Waals surface area (Å²) in [4.78, 5) is 11.3. The van der Waals surface area contributed by atoms with E-state index >= 15 is 0 Å². The molecule has 0 saturated heterocycles. The summed E-state index contributed by atoms with van der Waals surface area (Å²) in [6, 6.07) is 7.82. The van der Waals surface area contributed by atoms with Gasteiger partial charge in [0.2, 0.25) is 5.91 Å². The Morgan fingerprint density at radius 2 is 2.05 bits per heavy atom. The molecule has 2 rings (SSSR count). The van der Waals surface area contributed by atoms with Crippen molar-refractivity contribution in [1.82, 2.24) is 10.2 Å². The molecule has 3 N–H and O–H groups in total. The van der Waals surface area contributed by atoms with Crippen molar-refractivity contribution in [2.75, 3.05) is 10.0 Å². The van der Waals surface area contributed by atoms with Crippen LogP contribution in [0.3, 0.4) is 0 Å². The maximum Gasteiger partial charge on any atom is 0.278 e. The molecular weight excluding hydrogens is 280 g/mol. The Balaban J connectivity index is 2.18. The molecule has 2 aromatic rings. The standard InChI is InChI=1S/C12H14N4O3S/c1-2-11(17)14-9-4-3-5-10(8-9)16-20(18,19)12-6-7-13-15-12/h3-8,16H,2H2,1H3,(H,13,15)(H,14,17). The van der Waals surface area contributed by atoms with E-state index in [9.17, 15) is 13.2 Å². The number of carbonyl (C=O) groups excluding carboxylic acids is 1. The molecule has 8 heteroatoms. The zero-order valence-electron chi connectivity index (χ0n) is 10.8. The molecule has 0 fully saturated rings. The Hall–Kier alpha value is -2.35. The molecular formula is C12H14N4O3S. The number of nitrogens with zero attached hydrogens (tertiary/aromatic N) is 1. The minimum Gasteiger partial charge on any atom is -0.326 e. The number of sulfonamides is 1. The highest BCUT2D eigenvalue weighted by molar-refractivity contribution is 7.92. The van der Waals surface area contributed by atoms with Gasteiger partial charge < -0.3 is 5.32 Å². The lowest BCUT2D eigenvalue weighted by atomic mass is 10.3. The third-order valence-corrected chi connectivity index (χ3v) is 3.80. The Kier molecular flexibility index (Phi) is 4.04. The molecule has 0 atom stereocenters. The van der Waals surface area contributed by atoms with Gasteiger partial charge in [-0.05, 0) is 24.3 Å². The summed E-state index contributed by atoms with van der Waals surface area (Å²) in [5.74, 6) is -0.140. The number of anilines is 2. The summed E-state index contributed by atoms with van der Waals surface area (Å²) in [6.07, 6.45) is 1.70. The minimum atomic E-state index is -3.70. The van der Waals surface area contributed by atoms with E-state index in [1.807, 2.05) is 0 Å². The smallest absolute Gasteiger partial charge is 0.278 e. The number of aromatic nitrogens is 2. The van der Waals surface area contributed by atoms with E-state index in [4.69, 9.17) is 0 Å². The molecule has 0 bridgehead atoms. The van der Waals surface area contributed by atoms with E-state index in [0.29, 0.717) is 17.8 Å². The van der Waals surface area contributed by atoms with Crippen molar-refractivity contribution < 1.29 is 13.2 Å². The number of rotatable bonds is 5. The van der Waals surface area contributed by atoms with Crippen molar-refractivity contribution in [1.29, 1.82) is 0 Å². The maximum atomic E-state index is 12.0. The number of aromatic amines is 1. The zero-order chi connectivity index (χ0) is 14.6. The van der Waals surface area contributed by atoms with Crippen molar-refractivity contribution >= 4 is 27.3 Å². The van der Waals surface area contributed by atoms with Crippen LogP contribution in [-0.4, -0.2) is 24.5 Å². The van der Waals surface area contributed by atoms with Gasteiger partial charge in [-0.15, -0.1) is 0 Å². The van der Waals surface area contributed by atoms with Gasteiger partial charge in [0.05, 0.1) is 11.9 Å². The summed E-state index contributed by atoms with van der Waals surface area (Å²) < 4.78 is 26.4. The SMILES string of the molecule is CCC(=O)Nc1cccc(NS(=O)(=O)c2ccn[nH]2)c1. The number of carbonyl (C=O) groups is 1. The summed E-state index contributed by atoms with van der Waals surface area (Å²) in [5, 5.41) is 8.61. The molecule has 0 aliphatic carbocycles. The fourth-order valence-electron chi connectivity index (χ4n) is 1.51. The quantitative estimate of drug-likeness (QED) is 0.778. The second-order valence-corrected chi connectivity index (χ2v) is 5.66. The van der Waals surface area contributed by atoms with Crippen LogP contribution in [0.4, 0.5) is 11.4 Å². The van der Waals surface area contributed by atoms with E-state index in [-0.39, 0.29) is 10.9 Å². The van der Waals surface area contributed by atoms with Gasteiger partial charge in [-0.25, -0.2) is 0 Å². The van der Waals surface area contributed by atoms with Crippen molar-refractivity contribution in [3.8, 4) is 0 Å². The van der Waals surface area contributed by atoms with Crippen molar-refractivity contribution in [2.45, 2.75) is 18.4 Å². The van der Waals surface area contributed by atoms with Crippen molar-refractivity contribution in [2.24, 2.45) is 0 Å². The molecule has 0 saturated carbocycles. The normalized spacial score (nSPS) is 11.1. The Morgan fingerprint density at radius 1 is 1.30 bits per heavy atom. The molecule has 1 aromatic heterocycles. The van der Waals surface area contributed by atoms with E-state index < -0.39 is 10.0 Å². The van der Waals surface area contributed by atoms with E-state index in [2.05, 4.69) is 20.2 Å². The summed E-state index contributed by atoms with van der Waals surface area (Å²) >= 11 is 0. The number of H-pyrrole nitrogens is 1. The Labute approximate surface area is 116 Å². The number of amides is 1. The van der Waals surface area contributed by atoms with Gasteiger partial charge >= 0.3 is 0 Å². The molecule has 0 unspecified atom stereocenters. The molecule has 1 aromatic carbocycles. The molecule has 0 radical (unpaired) electrons. The fourth-order valence-corrected chi connectivity index (χ4v) is 2.47. The highest BCUT2D eigenvalue weighted by atomic mass is 32.2. The predicted molar refractivity (Wildman–Crippen MR) is 74.8 cm³/mol. The molecule has 0 spiro atoms. The fraction of sp³-hybridized carbons (Fsp3) is 0.167. The van der Waals surface area contributed by atoms with Crippen molar-refractivity contribution in [3.63, 3.8) is 0 Å². The number of hydrogen-bond donors (Lipinski definition) is 3. The molecule has 20 heavy (non-hydrogen) atoms. The predicted octanol–water partition coefficient (Wildman–Crippen LogP) is 1.56. The van der Waals surface area contributed by atoms with Gasteiger partial charge in [-0.1, -0.05) is 13.0 Å². The average molecular weight is 294 g/mol. The highest BCUT2D eigenvalue weighted by Crippen LogP contribution is 2.18. The lowest BCUT2D eigenvalue weighted by Gasteiger charge is -2.08. The lowest BCUT2D eigenvalue weighted by molar-refractivity contribution is -0.115. The van der Waals surface area contributed by atoms with Crippen LogP contribution in [0.25, 0.3) is 0 Å². The number of hydrogen-bond acceptors (Lipinski definition) is 4. The van der Waals surface area contributed by atoms with E-state index in [1.54, 1.807) is 31.2 Å². The van der Waals surface area contributed by atoms with Gasteiger partial charge in [-0.2, -0.15) is 13.5 Å². The van der Waals surface area contributed by atoms with Gasteiger partial charge in [0.1, 0.15) is 0 Å². The summed E-state index contributed by atoms with van der Waals surface area (Å²) in [7, 11) is -3.70. The summed E-state index contributed by atoms with van der Waals surface area (Å²) in [6.45, 7) is 1.74. The van der Waals surface area contributed by atoms with Crippen LogP contribution in [0.15, 0.2) is 41.6 Å². The highest BCUT2D eigenvalue weighted by Gasteiger charge is 2.15. The van der Waals surface area contributed by atoms with Crippen LogP contribution in [0.5, 0.6) is 0 Å². The molecule has 106 valence electrons. The van der Waals surface area contributed by atoms with Crippen LogP contribution >= 0.6 is 0 Å². The van der Waals surface area contributed by atoms with Crippen LogP contribution in [-0.2, 0) is 14.8 Å². The molecule has 1 heterocycles. The maximum absolute atomic E-state index is 12.0. The molecule has 1 amide bonds. The second-order valence-electron chi connectivity index (χ2n) is 4.01. The van der Waals surface area contributed by atoms with E-state index in [0.717, 1.165) is 0 Å². The topological polar surface area (TPSA) is 104 Å². The van der Waals surface area contributed by atoms with Gasteiger partial charge in [-0.3, -0.25) is 14.6 Å². The first-order valence-corrected chi connectivity index (χ1v) is 7.41. The molecule has 0 aliphatic rings. The first-order valence-electron chi connectivity index (χ1n) is 5.93. The third-order valence-electron chi connectivity index (χ3n) is 2.48. The third kappa shape index (κ3) is 3.35. The van der Waals surface area contributed by atoms with Crippen LogP contribution in [0, 0.1) is 0 Å². The summed E-state index contributed by atoms with van der Waals surface area (Å²) in [5.41, 5.74) is 0.884. The first-order chi connectivity index (χ1) is 9.51. The minimum absolute atomic E-state index is 0.0273. The van der Waals surface area contributed by atoms with Crippen LogP contribution in [0.1, 0.15) is 13.3 Å². The molecule has 0 aliphatic heterocycles. The second kappa shape index (κ2) is 5.74. The average Bonchev–Trinajstić information content (AvgIpc) is 2.93. The van der Waals surface area contributed by atoms with Gasteiger partial charge in [0.15, 0.2) is 5.03 Å². The van der Waals surface area contributed by atoms with Crippen LogP contribution in [0.2, 0.25) is 0 Å². The van der Waals surface area contributed by atoms with Crippen LogP contribution < -0.4 is 10.0 Å². The monoisotopic (exact) mass is 294 g/mol. The largest absolute Gasteiger partial charge is 0.326 e. The number of nitrogens with one attached hydrogen (secondary N) is 3. The molecule has 7 nitrogen and oxygen atoms in total. The Bertz CT molecular complexity index is 695. The van der Waals surface area contributed by atoms with Crippen molar-refractivity contribution in [3.05, 3.63) is 36.5 Å². The van der Waals surface area contributed by atoms with Gasteiger partial charge in [0.25, 0.3) is 10.0 Å². The number of benzene rings is 1. The van der Waals surface area contributed by atoms with Gasteiger partial charge in [0, 0.05) is 12.1 Å². The zero-order valence-corrected chi connectivity index (χ0v) is 11.6. The van der Waals surface area contributed by atoms with E-state index in [1.165, 1.54) is 12.3 Å². The first kappa shape index (κ1) is 14.1. The lowest BCUT2D eigenvalue weighted by Crippen LogP contribution is -2.14.